The zero-order chi connectivity index (χ0) is 11.5. The number of primary amides is 1. The number of carbonyl (C=O) groups is 1. The Balaban J connectivity index is 2.78. The molecule has 0 spiro atoms. The molecule has 0 aliphatic carbocycles. The quantitative estimate of drug-likeness (QED) is 0.695. The highest BCUT2D eigenvalue weighted by molar-refractivity contribution is 7.91. The summed E-state index contributed by atoms with van der Waals surface area (Å²) < 4.78 is 26.1. The Morgan fingerprint density at radius 2 is 1.80 bits per heavy atom. The van der Waals surface area contributed by atoms with Gasteiger partial charge in [-0.3, -0.25) is 4.72 Å². The summed E-state index contributed by atoms with van der Waals surface area (Å²) in [5.41, 5.74) is 6.04. The van der Waals surface area contributed by atoms with Gasteiger partial charge in [0.25, 0.3) is 0 Å². The van der Waals surface area contributed by atoms with Crippen molar-refractivity contribution >= 4 is 21.9 Å². The van der Waals surface area contributed by atoms with Crippen molar-refractivity contribution in [3.63, 3.8) is 0 Å². The van der Waals surface area contributed by atoms with Crippen LogP contribution in [0.5, 0.6) is 0 Å². The van der Waals surface area contributed by atoms with Crippen LogP contribution in [0.4, 0.5) is 10.5 Å². The summed E-state index contributed by atoms with van der Waals surface area (Å²) >= 11 is 0. The number of urea groups is 1. The molecule has 0 heterocycles. The molecule has 0 saturated heterocycles. The van der Waals surface area contributed by atoms with Crippen molar-refractivity contribution in [3.05, 3.63) is 29.8 Å². The van der Waals surface area contributed by atoms with Gasteiger partial charge in [-0.05, 0) is 19.1 Å². The summed E-state index contributed by atoms with van der Waals surface area (Å²) in [5.74, 6) is 0. The zero-order valence-electron chi connectivity index (χ0n) is 8.02. The SMILES string of the molecule is Cc1ccc(NS(=O)(=O)NC(N)=O)cc1. The maximum absolute atomic E-state index is 11.2. The van der Waals surface area contributed by atoms with E-state index < -0.39 is 16.2 Å². The first-order valence-corrected chi connectivity index (χ1v) is 5.54. The molecule has 0 radical (unpaired) electrons. The standard InChI is InChI=1S/C8H11N3O3S/c1-6-2-4-7(5-3-6)10-15(13,14)11-8(9)12/h2-5,10H,1H3,(H3,9,11,12). The Bertz CT molecular complexity index is 453. The Morgan fingerprint density at radius 3 is 2.27 bits per heavy atom. The number of carbonyl (C=O) groups excluding carboxylic acids is 1. The second-order valence-electron chi connectivity index (χ2n) is 2.94. The van der Waals surface area contributed by atoms with Crippen LogP contribution in [-0.2, 0) is 10.2 Å². The smallest absolute Gasteiger partial charge is 0.327 e. The van der Waals surface area contributed by atoms with Crippen LogP contribution in [0.2, 0.25) is 0 Å². The molecule has 0 fully saturated rings. The number of hydrogen-bond acceptors (Lipinski definition) is 3. The normalized spacial score (nSPS) is 10.7. The molecule has 0 saturated carbocycles. The van der Waals surface area contributed by atoms with Crippen molar-refractivity contribution in [2.75, 3.05) is 4.72 Å². The lowest BCUT2D eigenvalue weighted by Gasteiger charge is -2.07. The molecule has 0 bridgehead atoms. The van der Waals surface area contributed by atoms with Crippen LogP contribution in [0, 0.1) is 6.92 Å². The molecule has 0 atom stereocenters. The summed E-state index contributed by atoms with van der Waals surface area (Å²) in [6.45, 7) is 1.87. The maximum atomic E-state index is 11.2. The summed E-state index contributed by atoms with van der Waals surface area (Å²) in [6.07, 6.45) is 0. The van der Waals surface area contributed by atoms with E-state index in [0.29, 0.717) is 5.69 Å². The van der Waals surface area contributed by atoms with E-state index in [1.54, 1.807) is 29.0 Å². The number of amides is 2. The Labute approximate surface area is 87.7 Å². The molecule has 7 heteroatoms. The maximum Gasteiger partial charge on any atom is 0.327 e. The number of nitrogens with two attached hydrogens (primary N) is 1. The van der Waals surface area contributed by atoms with Gasteiger partial charge in [0.05, 0.1) is 5.69 Å². The van der Waals surface area contributed by atoms with Crippen molar-refractivity contribution < 1.29 is 13.2 Å². The van der Waals surface area contributed by atoms with Gasteiger partial charge in [0.15, 0.2) is 0 Å². The van der Waals surface area contributed by atoms with Gasteiger partial charge in [-0.2, -0.15) is 8.42 Å². The van der Waals surface area contributed by atoms with Crippen LogP contribution in [0.1, 0.15) is 5.56 Å². The minimum Gasteiger partial charge on any atom is -0.351 e. The fourth-order valence-corrected chi connectivity index (χ4v) is 1.70. The van der Waals surface area contributed by atoms with E-state index in [4.69, 9.17) is 0 Å². The van der Waals surface area contributed by atoms with Crippen LogP contribution in [0.3, 0.4) is 0 Å². The molecule has 82 valence electrons. The summed E-state index contributed by atoms with van der Waals surface area (Å²) in [6, 6.07) is 5.50. The van der Waals surface area contributed by atoms with E-state index in [-0.39, 0.29) is 0 Å². The van der Waals surface area contributed by atoms with Crippen LogP contribution in [0.15, 0.2) is 24.3 Å². The predicted octanol–water partition coefficient (Wildman–Crippen LogP) is 0.320. The fraction of sp³-hybridized carbons (Fsp3) is 0.125. The number of nitrogens with one attached hydrogen (secondary N) is 2. The number of rotatable bonds is 3. The second kappa shape index (κ2) is 4.18. The van der Waals surface area contributed by atoms with E-state index in [1.165, 1.54) is 0 Å². The molecular weight excluding hydrogens is 218 g/mol. The van der Waals surface area contributed by atoms with Gasteiger partial charge in [0, 0.05) is 0 Å². The Morgan fingerprint density at radius 1 is 1.27 bits per heavy atom. The lowest BCUT2D eigenvalue weighted by atomic mass is 10.2. The molecule has 1 rings (SSSR count). The van der Waals surface area contributed by atoms with Crippen molar-refractivity contribution in [2.45, 2.75) is 6.92 Å². The first-order valence-electron chi connectivity index (χ1n) is 4.06. The van der Waals surface area contributed by atoms with Crippen molar-refractivity contribution in [1.82, 2.24) is 4.72 Å². The highest BCUT2D eigenvalue weighted by atomic mass is 32.2. The van der Waals surface area contributed by atoms with Crippen LogP contribution in [0.25, 0.3) is 0 Å². The fourth-order valence-electron chi connectivity index (χ4n) is 0.935. The van der Waals surface area contributed by atoms with Gasteiger partial charge in [0.2, 0.25) is 0 Å². The van der Waals surface area contributed by atoms with E-state index in [9.17, 15) is 13.2 Å². The van der Waals surface area contributed by atoms with E-state index in [1.807, 2.05) is 6.92 Å². The third kappa shape index (κ3) is 3.86. The first kappa shape index (κ1) is 11.3. The molecule has 6 nitrogen and oxygen atoms in total. The topological polar surface area (TPSA) is 101 Å². The molecule has 0 aromatic heterocycles. The molecule has 1 aromatic carbocycles. The van der Waals surface area contributed by atoms with Gasteiger partial charge < -0.3 is 5.73 Å². The lowest BCUT2D eigenvalue weighted by Crippen LogP contribution is -2.38. The van der Waals surface area contributed by atoms with Gasteiger partial charge in [0.1, 0.15) is 0 Å². The Hall–Kier alpha value is -1.76. The molecule has 0 unspecified atom stereocenters. The lowest BCUT2D eigenvalue weighted by molar-refractivity contribution is 0.253. The van der Waals surface area contributed by atoms with E-state index in [2.05, 4.69) is 10.5 Å². The molecule has 0 aliphatic rings. The minimum absolute atomic E-state index is 0.356. The molecule has 0 aliphatic heterocycles. The van der Waals surface area contributed by atoms with Gasteiger partial charge in [-0.25, -0.2) is 9.52 Å². The average Bonchev–Trinajstić information content (AvgIpc) is 2.06. The number of anilines is 1. The summed E-state index contributed by atoms with van der Waals surface area (Å²) in [5, 5.41) is 0. The zero-order valence-corrected chi connectivity index (χ0v) is 8.84. The third-order valence-corrected chi connectivity index (χ3v) is 2.51. The highest BCUT2D eigenvalue weighted by Gasteiger charge is 2.10. The van der Waals surface area contributed by atoms with Crippen LogP contribution < -0.4 is 15.2 Å². The van der Waals surface area contributed by atoms with Gasteiger partial charge in [-0.1, -0.05) is 17.7 Å². The first-order chi connectivity index (χ1) is 6.89. The molecule has 15 heavy (non-hydrogen) atoms. The van der Waals surface area contributed by atoms with E-state index >= 15 is 0 Å². The number of aryl methyl sites for hydroxylation is 1. The monoisotopic (exact) mass is 229 g/mol. The summed E-state index contributed by atoms with van der Waals surface area (Å²) in [7, 11) is -3.92. The van der Waals surface area contributed by atoms with Crippen molar-refractivity contribution in [1.29, 1.82) is 0 Å². The van der Waals surface area contributed by atoms with Crippen LogP contribution >= 0.6 is 0 Å². The van der Waals surface area contributed by atoms with Gasteiger partial charge >= 0.3 is 16.2 Å². The van der Waals surface area contributed by atoms with Gasteiger partial charge in [-0.15, -0.1) is 0 Å². The van der Waals surface area contributed by atoms with Crippen LogP contribution in [-0.4, -0.2) is 14.4 Å². The minimum atomic E-state index is -3.92. The largest absolute Gasteiger partial charge is 0.351 e. The van der Waals surface area contributed by atoms with E-state index in [0.717, 1.165) is 5.56 Å². The molecule has 2 amide bonds. The third-order valence-electron chi connectivity index (χ3n) is 1.54. The molecular formula is C8H11N3O3S. The Kier molecular flexibility index (Phi) is 3.15. The van der Waals surface area contributed by atoms with Crippen molar-refractivity contribution in [3.8, 4) is 0 Å². The predicted molar refractivity (Wildman–Crippen MR) is 56.4 cm³/mol. The molecule has 1 aromatic rings. The average molecular weight is 229 g/mol. The number of hydrogen-bond donors (Lipinski definition) is 3. The van der Waals surface area contributed by atoms with Crippen molar-refractivity contribution in [2.24, 2.45) is 5.73 Å². The number of benzene rings is 1. The molecule has 4 N–H and O–H groups in total. The second-order valence-corrected chi connectivity index (χ2v) is 4.35. The highest BCUT2D eigenvalue weighted by Crippen LogP contribution is 2.09. The summed E-state index contributed by atoms with van der Waals surface area (Å²) in [4.78, 5) is 10.4.